The SMILES string of the molecule is Cc1nc(-c2ccc(N3CCN(C4CCN(c5ccccc5)C4=O)CC3)nc2)[nH]c(=O)c1C. The number of rotatable bonds is 4. The molecule has 2 aromatic heterocycles. The number of pyridine rings is 1. The lowest BCUT2D eigenvalue weighted by molar-refractivity contribution is -0.121. The molecule has 2 aliphatic heterocycles. The van der Waals surface area contributed by atoms with E-state index < -0.39 is 0 Å². The smallest absolute Gasteiger partial charge is 0.254 e. The van der Waals surface area contributed by atoms with Gasteiger partial charge in [0.05, 0.1) is 6.04 Å². The van der Waals surface area contributed by atoms with Crippen molar-refractivity contribution in [3.8, 4) is 11.4 Å². The molecule has 8 heteroatoms. The van der Waals surface area contributed by atoms with Gasteiger partial charge in [0.15, 0.2) is 0 Å². The molecule has 1 atom stereocenters. The Bertz CT molecular complexity index is 1200. The highest BCUT2D eigenvalue weighted by atomic mass is 16.2. The summed E-state index contributed by atoms with van der Waals surface area (Å²) in [6.07, 6.45) is 2.62. The van der Waals surface area contributed by atoms with Gasteiger partial charge in [0.25, 0.3) is 5.56 Å². The van der Waals surface area contributed by atoms with Crippen molar-refractivity contribution < 1.29 is 4.79 Å². The van der Waals surface area contributed by atoms with Crippen molar-refractivity contribution in [2.45, 2.75) is 26.3 Å². The maximum absolute atomic E-state index is 13.0. The highest BCUT2D eigenvalue weighted by Gasteiger charge is 2.37. The van der Waals surface area contributed by atoms with Crippen LogP contribution in [0.15, 0.2) is 53.5 Å². The highest BCUT2D eigenvalue weighted by molar-refractivity contribution is 5.99. The first-order valence-electron chi connectivity index (χ1n) is 11.4. The lowest BCUT2D eigenvalue weighted by Crippen LogP contribution is -2.52. The van der Waals surface area contributed by atoms with Gasteiger partial charge >= 0.3 is 0 Å². The molecule has 1 aromatic carbocycles. The number of para-hydroxylation sites is 1. The number of aromatic nitrogens is 3. The zero-order valence-electron chi connectivity index (χ0n) is 19.0. The Morgan fingerprint density at radius 3 is 2.36 bits per heavy atom. The standard InChI is InChI=1S/C25H28N6O2/c1-17-18(2)27-23(28-24(17)32)19-8-9-22(26-16-19)30-14-12-29(13-15-30)21-10-11-31(25(21)33)20-6-4-3-5-7-20/h3-9,16,21H,10-15H2,1-2H3,(H,27,28,32). The molecule has 0 radical (unpaired) electrons. The average Bonchev–Trinajstić information content (AvgIpc) is 3.24. The van der Waals surface area contributed by atoms with E-state index in [9.17, 15) is 9.59 Å². The molecule has 2 aliphatic rings. The number of aryl methyl sites for hydroxylation is 1. The summed E-state index contributed by atoms with van der Waals surface area (Å²) in [4.78, 5) is 43.5. The maximum atomic E-state index is 13.0. The van der Waals surface area contributed by atoms with E-state index in [1.807, 2.05) is 54.3 Å². The molecule has 2 saturated heterocycles. The number of nitrogens with zero attached hydrogens (tertiary/aromatic N) is 5. The monoisotopic (exact) mass is 444 g/mol. The van der Waals surface area contributed by atoms with Crippen molar-refractivity contribution in [3.05, 3.63) is 70.3 Å². The van der Waals surface area contributed by atoms with Crippen molar-refractivity contribution >= 4 is 17.4 Å². The fourth-order valence-electron chi connectivity index (χ4n) is 4.63. The molecule has 3 aromatic rings. The number of carbonyl (C=O) groups excluding carboxylic acids is 1. The fraction of sp³-hybridized carbons (Fsp3) is 0.360. The van der Waals surface area contributed by atoms with Crippen molar-refractivity contribution in [2.75, 3.05) is 42.5 Å². The van der Waals surface area contributed by atoms with Crippen LogP contribution in [0, 0.1) is 13.8 Å². The number of amides is 1. The van der Waals surface area contributed by atoms with E-state index in [4.69, 9.17) is 0 Å². The molecule has 170 valence electrons. The largest absolute Gasteiger partial charge is 0.354 e. The molecular weight excluding hydrogens is 416 g/mol. The van der Waals surface area contributed by atoms with Gasteiger partial charge in [-0.1, -0.05) is 18.2 Å². The normalized spacial score (nSPS) is 19.3. The summed E-state index contributed by atoms with van der Waals surface area (Å²) in [5.74, 6) is 1.63. The van der Waals surface area contributed by atoms with E-state index in [0.29, 0.717) is 11.4 Å². The fourth-order valence-corrected chi connectivity index (χ4v) is 4.63. The first-order valence-corrected chi connectivity index (χ1v) is 11.4. The average molecular weight is 445 g/mol. The molecule has 0 saturated carbocycles. The minimum atomic E-state index is -0.120. The second-order valence-corrected chi connectivity index (χ2v) is 8.68. The quantitative estimate of drug-likeness (QED) is 0.665. The third-order valence-electron chi connectivity index (χ3n) is 6.74. The molecule has 1 N–H and O–H groups in total. The Morgan fingerprint density at radius 2 is 1.70 bits per heavy atom. The van der Waals surface area contributed by atoms with Gasteiger partial charge in [-0.25, -0.2) is 9.97 Å². The van der Waals surface area contributed by atoms with Crippen molar-refractivity contribution in [2.24, 2.45) is 0 Å². The number of piperazine rings is 1. The summed E-state index contributed by atoms with van der Waals surface area (Å²) < 4.78 is 0. The Labute approximate surface area is 192 Å². The number of carbonyl (C=O) groups is 1. The molecule has 2 fully saturated rings. The van der Waals surface area contributed by atoms with E-state index in [-0.39, 0.29) is 17.5 Å². The molecule has 0 spiro atoms. The number of aromatic amines is 1. The third kappa shape index (κ3) is 4.14. The van der Waals surface area contributed by atoms with Crippen LogP contribution in [0.5, 0.6) is 0 Å². The summed E-state index contributed by atoms with van der Waals surface area (Å²) in [5, 5.41) is 0. The zero-order valence-corrected chi connectivity index (χ0v) is 19.0. The van der Waals surface area contributed by atoms with Crippen molar-refractivity contribution in [1.82, 2.24) is 19.9 Å². The molecule has 0 bridgehead atoms. The lowest BCUT2D eigenvalue weighted by Gasteiger charge is -2.37. The molecule has 5 rings (SSSR count). The number of H-pyrrole nitrogens is 1. The van der Waals surface area contributed by atoms with Crippen LogP contribution in [0.2, 0.25) is 0 Å². The molecule has 1 unspecified atom stereocenters. The first kappa shape index (κ1) is 21.3. The predicted molar refractivity (Wildman–Crippen MR) is 129 cm³/mol. The number of hydrogen-bond acceptors (Lipinski definition) is 6. The highest BCUT2D eigenvalue weighted by Crippen LogP contribution is 2.26. The van der Waals surface area contributed by atoms with Crippen LogP contribution in [-0.2, 0) is 4.79 Å². The van der Waals surface area contributed by atoms with Crippen LogP contribution in [0.4, 0.5) is 11.5 Å². The second kappa shape index (κ2) is 8.78. The van der Waals surface area contributed by atoms with Gasteiger partial charge < -0.3 is 14.8 Å². The molecule has 33 heavy (non-hydrogen) atoms. The Morgan fingerprint density at radius 1 is 0.939 bits per heavy atom. The van der Waals surface area contributed by atoms with E-state index in [1.54, 1.807) is 13.1 Å². The van der Waals surface area contributed by atoms with Gasteiger partial charge in [-0.2, -0.15) is 0 Å². The summed E-state index contributed by atoms with van der Waals surface area (Å²) in [5.41, 5.74) is 3.00. The molecule has 0 aliphatic carbocycles. The molecule has 4 heterocycles. The van der Waals surface area contributed by atoms with Gasteiger partial charge in [-0.05, 0) is 44.5 Å². The van der Waals surface area contributed by atoms with Crippen LogP contribution in [0.3, 0.4) is 0 Å². The lowest BCUT2D eigenvalue weighted by atomic mass is 10.1. The topological polar surface area (TPSA) is 85.4 Å². The van der Waals surface area contributed by atoms with Gasteiger partial charge in [-0.15, -0.1) is 0 Å². The third-order valence-corrected chi connectivity index (χ3v) is 6.74. The Kier molecular flexibility index (Phi) is 5.68. The summed E-state index contributed by atoms with van der Waals surface area (Å²) >= 11 is 0. The van der Waals surface area contributed by atoms with E-state index in [1.165, 1.54) is 0 Å². The Balaban J connectivity index is 1.22. The number of hydrogen-bond donors (Lipinski definition) is 1. The number of benzene rings is 1. The summed E-state index contributed by atoms with van der Waals surface area (Å²) in [7, 11) is 0. The van der Waals surface area contributed by atoms with Gasteiger partial charge in [-0.3, -0.25) is 14.5 Å². The van der Waals surface area contributed by atoms with Crippen molar-refractivity contribution in [1.29, 1.82) is 0 Å². The zero-order chi connectivity index (χ0) is 22.9. The van der Waals surface area contributed by atoms with E-state index in [2.05, 4.69) is 24.8 Å². The second-order valence-electron chi connectivity index (χ2n) is 8.68. The summed E-state index contributed by atoms with van der Waals surface area (Å²) in [6, 6.07) is 13.8. The predicted octanol–water partition coefficient (Wildman–Crippen LogP) is 2.38. The van der Waals surface area contributed by atoms with Crippen LogP contribution in [0.1, 0.15) is 17.7 Å². The first-order chi connectivity index (χ1) is 16.0. The molecule has 1 amide bonds. The van der Waals surface area contributed by atoms with Crippen LogP contribution in [-0.4, -0.2) is 64.5 Å². The summed E-state index contributed by atoms with van der Waals surface area (Å²) in [6.45, 7) is 7.67. The van der Waals surface area contributed by atoms with E-state index >= 15 is 0 Å². The molecule has 8 nitrogen and oxygen atoms in total. The molecular formula is C25H28N6O2. The van der Waals surface area contributed by atoms with Gasteiger partial charge in [0.1, 0.15) is 11.6 Å². The maximum Gasteiger partial charge on any atom is 0.254 e. The van der Waals surface area contributed by atoms with Crippen LogP contribution in [0.25, 0.3) is 11.4 Å². The minimum Gasteiger partial charge on any atom is -0.354 e. The number of anilines is 2. The van der Waals surface area contributed by atoms with Crippen LogP contribution < -0.4 is 15.4 Å². The van der Waals surface area contributed by atoms with Crippen LogP contribution >= 0.6 is 0 Å². The number of nitrogens with one attached hydrogen (secondary N) is 1. The van der Waals surface area contributed by atoms with Gasteiger partial charge in [0, 0.05) is 61.4 Å². The minimum absolute atomic E-state index is 0.0460. The van der Waals surface area contributed by atoms with Gasteiger partial charge in [0.2, 0.25) is 5.91 Å². The Hall–Kier alpha value is -3.52. The van der Waals surface area contributed by atoms with Crippen molar-refractivity contribution in [3.63, 3.8) is 0 Å². The van der Waals surface area contributed by atoms with E-state index in [0.717, 1.165) is 61.9 Å².